The summed E-state index contributed by atoms with van der Waals surface area (Å²) >= 11 is 0. The minimum Gasteiger partial charge on any atom is -0.496 e. The Labute approximate surface area is 123 Å². The molecule has 0 aromatic heterocycles. The lowest BCUT2D eigenvalue weighted by molar-refractivity contribution is -0.154. The average molecular weight is 296 g/mol. The van der Waals surface area contributed by atoms with E-state index in [0.29, 0.717) is 22.6 Å². The van der Waals surface area contributed by atoms with Gasteiger partial charge in [0.05, 0.1) is 14.2 Å². The number of benzene rings is 1. The first-order chi connectivity index (χ1) is 9.76. The molecule has 0 aliphatic carbocycles. The molecule has 0 heterocycles. The van der Waals surface area contributed by atoms with Crippen LogP contribution in [0.5, 0.6) is 11.5 Å². The fourth-order valence-electron chi connectivity index (χ4n) is 2.47. The SMILES string of the molecule is COc1c(C)c(C)c(OC)c(CC(C(=O)O)C(=O)O)c1C. The normalized spacial score (nSPS) is 10.6. The van der Waals surface area contributed by atoms with Crippen molar-refractivity contribution in [2.75, 3.05) is 14.2 Å². The van der Waals surface area contributed by atoms with Crippen LogP contribution in [0.2, 0.25) is 0 Å². The van der Waals surface area contributed by atoms with E-state index in [1.165, 1.54) is 14.2 Å². The van der Waals surface area contributed by atoms with Crippen LogP contribution >= 0.6 is 0 Å². The highest BCUT2D eigenvalue weighted by Gasteiger charge is 2.30. The van der Waals surface area contributed by atoms with E-state index >= 15 is 0 Å². The second-order valence-electron chi connectivity index (χ2n) is 4.85. The molecule has 6 nitrogen and oxygen atoms in total. The molecule has 0 aliphatic rings. The van der Waals surface area contributed by atoms with Gasteiger partial charge in [-0.15, -0.1) is 0 Å². The van der Waals surface area contributed by atoms with Gasteiger partial charge in [0.15, 0.2) is 5.92 Å². The summed E-state index contributed by atoms with van der Waals surface area (Å²) in [7, 11) is 3.00. The van der Waals surface area contributed by atoms with Crippen LogP contribution in [-0.2, 0) is 16.0 Å². The summed E-state index contributed by atoms with van der Waals surface area (Å²) in [6, 6.07) is 0. The van der Waals surface area contributed by atoms with Crippen LogP contribution in [0.4, 0.5) is 0 Å². The monoisotopic (exact) mass is 296 g/mol. The van der Waals surface area contributed by atoms with Crippen LogP contribution in [0.15, 0.2) is 0 Å². The van der Waals surface area contributed by atoms with Crippen LogP contribution in [0, 0.1) is 26.7 Å². The summed E-state index contributed by atoms with van der Waals surface area (Å²) in [6.45, 7) is 5.47. The van der Waals surface area contributed by atoms with Crippen LogP contribution in [0.25, 0.3) is 0 Å². The maximum atomic E-state index is 11.1. The Morgan fingerprint density at radius 1 is 0.905 bits per heavy atom. The highest BCUT2D eigenvalue weighted by Crippen LogP contribution is 2.38. The first-order valence-corrected chi connectivity index (χ1v) is 6.42. The topological polar surface area (TPSA) is 93.1 Å². The minimum atomic E-state index is -1.52. The Morgan fingerprint density at radius 3 is 1.71 bits per heavy atom. The van der Waals surface area contributed by atoms with Crippen LogP contribution < -0.4 is 9.47 Å². The number of aliphatic carboxylic acids is 2. The molecule has 0 saturated heterocycles. The molecular weight excluding hydrogens is 276 g/mol. The number of carboxylic acid groups (broad SMARTS) is 2. The fraction of sp³-hybridized carbons (Fsp3) is 0.467. The molecule has 0 unspecified atom stereocenters. The third kappa shape index (κ3) is 3.09. The number of carboxylic acids is 2. The first kappa shape index (κ1) is 16.8. The van der Waals surface area contributed by atoms with Gasteiger partial charge < -0.3 is 19.7 Å². The molecule has 1 aromatic carbocycles. The van der Waals surface area contributed by atoms with E-state index in [-0.39, 0.29) is 6.42 Å². The van der Waals surface area contributed by atoms with Crippen LogP contribution in [0.3, 0.4) is 0 Å². The zero-order valence-corrected chi connectivity index (χ0v) is 12.8. The number of carbonyl (C=O) groups is 2. The molecule has 0 bridgehead atoms. The molecule has 0 amide bonds. The van der Waals surface area contributed by atoms with Gasteiger partial charge in [-0.25, -0.2) is 0 Å². The third-order valence-electron chi connectivity index (χ3n) is 3.72. The standard InChI is InChI=1S/C15H20O6/c1-7-8(2)13(21-5)10(9(3)12(7)20-4)6-11(14(16)17)15(18)19/h11H,6H2,1-5H3,(H,16,17)(H,18,19). The fourth-order valence-corrected chi connectivity index (χ4v) is 2.47. The van der Waals surface area contributed by atoms with Gasteiger partial charge in [-0.1, -0.05) is 0 Å². The van der Waals surface area contributed by atoms with Crippen molar-refractivity contribution in [1.82, 2.24) is 0 Å². The molecule has 6 heteroatoms. The highest BCUT2D eigenvalue weighted by molar-refractivity contribution is 5.93. The largest absolute Gasteiger partial charge is 0.496 e. The summed E-state index contributed by atoms with van der Waals surface area (Å²) in [4.78, 5) is 22.2. The third-order valence-corrected chi connectivity index (χ3v) is 3.72. The molecule has 1 aromatic rings. The van der Waals surface area contributed by atoms with Gasteiger partial charge in [-0.3, -0.25) is 9.59 Å². The lowest BCUT2D eigenvalue weighted by Gasteiger charge is -2.21. The second kappa shape index (κ2) is 6.47. The quantitative estimate of drug-likeness (QED) is 0.779. The molecule has 0 aliphatic heterocycles. The van der Waals surface area contributed by atoms with E-state index in [1.807, 2.05) is 13.8 Å². The Balaban J connectivity index is 3.50. The predicted octanol–water partition coefficient (Wildman–Crippen LogP) is 1.96. The number of rotatable bonds is 6. The average Bonchev–Trinajstić information content (AvgIpc) is 2.41. The lowest BCUT2D eigenvalue weighted by atomic mass is 9.90. The Hall–Kier alpha value is -2.24. The Kier molecular flexibility index (Phi) is 5.18. The van der Waals surface area contributed by atoms with E-state index < -0.39 is 17.9 Å². The Bertz CT molecular complexity index is 562. The smallest absolute Gasteiger partial charge is 0.318 e. The van der Waals surface area contributed by atoms with Gasteiger partial charge >= 0.3 is 11.9 Å². The zero-order valence-electron chi connectivity index (χ0n) is 12.8. The molecule has 0 spiro atoms. The minimum absolute atomic E-state index is 0.156. The molecule has 116 valence electrons. The number of ether oxygens (including phenoxy) is 2. The van der Waals surface area contributed by atoms with Crippen molar-refractivity contribution < 1.29 is 29.3 Å². The Morgan fingerprint density at radius 2 is 1.33 bits per heavy atom. The molecular formula is C15H20O6. The molecule has 0 radical (unpaired) electrons. The maximum Gasteiger partial charge on any atom is 0.318 e. The van der Waals surface area contributed by atoms with Crippen molar-refractivity contribution in [2.45, 2.75) is 27.2 Å². The van der Waals surface area contributed by atoms with E-state index in [4.69, 9.17) is 19.7 Å². The summed E-state index contributed by atoms with van der Waals surface area (Å²) in [5, 5.41) is 18.1. The molecule has 0 atom stereocenters. The first-order valence-electron chi connectivity index (χ1n) is 6.42. The summed E-state index contributed by atoms with van der Waals surface area (Å²) in [5.41, 5.74) is 2.94. The van der Waals surface area contributed by atoms with Crippen molar-refractivity contribution in [3.05, 3.63) is 22.3 Å². The van der Waals surface area contributed by atoms with Gasteiger partial charge in [0.2, 0.25) is 0 Å². The molecule has 0 fully saturated rings. The maximum absolute atomic E-state index is 11.1. The molecule has 0 saturated carbocycles. The molecule has 2 N–H and O–H groups in total. The predicted molar refractivity (Wildman–Crippen MR) is 76.2 cm³/mol. The lowest BCUT2D eigenvalue weighted by Crippen LogP contribution is -2.26. The van der Waals surface area contributed by atoms with E-state index in [9.17, 15) is 9.59 Å². The van der Waals surface area contributed by atoms with Crippen molar-refractivity contribution in [1.29, 1.82) is 0 Å². The van der Waals surface area contributed by atoms with E-state index in [2.05, 4.69) is 0 Å². The number of hydrogen-bond donors (Lipinski definition) is 2. The molecule has 21 heavy (non-hydrogen) atoms. The van der Waals surface area contributed by atoms with Crippen molar-refractivity contribution in [2.24, 2.45) is 5.92 Å². The summed E-state index contributed by atoms with van der Waals surface area (Å²) < 4.78 is 10.7. The molecule has 1 rings (SSSR count). The van der Waals surface area contributed by atoms with Crippen molar-refractivity contribution in [3.63, 3.8) is 0 Å². The van der Waals surface area contributed by atoms with Crippen molar-refractivity contribution >= 4 is 11.9 Å². The zero-order chi connectivity index (χ0) is 16.3. The van der Waals surface area contributed by atoms with Gasteiger partial charge in [-0.2, -0.15) is 0 Å². The van der Waals surface area contributed by atoms with Gasteiger partial charge in [0.25, 0.3) is 0 Å². The highest BCUT2D eigenvalue weighted by atomic mass is 16.5. The van der Waals surface area contributed by atoms with Gasteiger partial charge in [0.1, 0.15) is 11.5 Å². The number of methoxy groups -OCH3 is 2. The van der Waals surface area contributed by atoms with Crippen molar-refractivity contribution in [3.8, 4) is 11.5 Å². The summed E-state index contributed by atoms with van der Waals surface area (Å²) in [6.07, 6.45) is -0.156. The second-order valence-corrected chi connectivity index (χ2v) is 4.85. The van der Waals surface area contributed by atoms with E-state index in [1.54, 1.807) is 6.92 Å². The summed E-state index contributed by atoms with van der Waals surface area (Å²) in [5.74, 6) is -3.14. The van der Waals surface area contributed by atoms with E-state index in [0.717, 1.165) is 11.1 Å². The van der Waals surface area contributed by atoms with Gasteiger partial charge in [-0.05, 0) is 37.5 Å². The number of hydrogen-bond acceptors (Lipinski definition) is 4. The van der Waals surface area contributed by atoms with Crippen LogP contribution in [-0.4, -0.2) is 36.4 Å². The van der Waals surface area contributed by atoms with Gasteiger partial charge in [0, 0.05) is 12.0 Å². The van der Waals surface area contributed by atoms with Crippen LogP contribution in [0.1, 0.15) is 22.3 Å².